The minimum absolute atomic E-state index is 0.926. The van der Waals surface area contributed by atoms with Crippen molar-refractivity contribution in [2.75, 3.05) is 0 Å². The number of hydrogen-bond donors (Lipinski definition) is 0. The highest BCUT2D eigenvalue weighted by atomic mass is 79.9. The highest BCUT2D eigenvalue weighted by Gasteiger charge is 2.02. The Hall–Kier alpha value is -0.245. The second-order valence-electron chi connectivity index (χ2n) is 1.93. The quantitative estimate of drug-likeness (QED) is 0.555. The minimum atomic E-state index is 0.926. The van der Waals surface area contributed by atoms with Gasteiger partial charge in [-0.2, -0.15) is 5.10 Å². The van der Waals surface area contributed by atoms with E-state index < -0.39 is 0 Å². The molecule has 46 valence electrons. The number of nitrogens with zero attached hydrogens (tertiary/aromatic N) is 2. The minimum Gasteiger partial charge on any atom is -0.327 e. The highest BCUT2D eigenvalue weighted by molar-refractivity contribution is 9.10. The SMILES string of the molecule is [B]n1nc(C)c(Br)c1C. The lowest BCUT2D eigenvalue weighted by atomic mass is 10.3. The third kappa shape index (κ3) is 1.03. The molecule has 0 bridgehead atoms. The molecule has 0 aliphatic heterocycles. The van der Waals surface area contributed by atoms with Gasteiger partial charge in [0.15, 0.2) is 0 Å². The summed E-state index contributed by atoms with van der Waals surface area (Å²) in [7, 11) is 5.42. The van der Waals surface area contributed by atoms with Crippen LogP contribution in [0.25, 0.3) is 0 Å². The molecule has 1 aromatic rings. The topological polar surface area (TPSA) is 17.8 Å². The summed E-state index contributed by atoms with van der Waals surface area (Å²) >= 11 is 3.34. The third-order valence-electron chi connectivity index (χ3n) is 1.24. The van der Waals surface area contributed by atoms with E-state index in [1.807, 2.05) is 13.8 Å². The van der Waals surface area contributed by atoms with Crippen LogP contribution in [0.3, 0.4) is 0 Å². The second kappa shape index (κ2) is 2.18. The van der Waals surface area contributed by atoms with E-state index in [9.17, 15) is 0 Å². The molecular weight excluding hydrogens is 179 g/mol. The zero-order valence-electron chi connectivity index (χ0n) is 5.35. The molecule has 0 atom stereocenters. The van der Waals surface area contributed by atoms with Crippen molar-refractivity contribution < 1.29 is 0 Å². The van der Waals surface area contributed by atoms with E-state index >= 15 is 0 Å². The van der Waals surface area contributed by atoms with Gasteiger partial charge in [-0.15, -0.1) is 0 Å². The molecule has 1 rings (SSSR count). The van der Waals surface area contributed by atoms with Gasteiger partial charge in [-0.3, -0.25) is 0 Å². The van der Waals surface area contributed by atoms with Crippen LogP contribution in [0.2, 0.25) is 0 Å². The van der Waals surface area contributed by atoms with Gasteiger partial charge in [0.25, 0.3) is 7.98 Å². The number of halogens is 1. The van der Waals surface area contributed by atoms with Crippen molar-refractivity contribution in [2.24, 2.45) is 0 Å². The summed E-state index contributed by atoms with van der Waals surface area (Å²) in [5.74, 6) is 0. The smallest absolute Gasteiger partial charge is 0.264 e. The predicted molar refractivity (Wildman–Crippen MR) is 40.6 cm³/mol. The van der Waals surface area contributed by atoms with Crippen LogP contribution < -0.4 is 0 Å². The molecule has 0 aliphatic rings. The third-order valence-corrected chi connectivity index (χ3v) is 2.38. The van der Waals surface area contributed by atoms with Crippen LogP contribution in [0.4, 0.5) is 0 Å². The fourth-order valence-corrected chi connectivity index (χ4v) is 0.904. The second-order valence-corrected chi connectivity index (χ2v) is 2.72. The summed E-state index contributed by atoms with van der Waals surface area (Å²) in [4.78, 5) is 0. The van der Waals surface area contributed by atoms with E-state index in [-0.39, 0.29) is 0 Å². The van der Waals surface area contributed by atoms with Gasteiger partial charge in [0.1, 0.15) is 0 Å². The zero-order chi connectivity index (χ0) is 7.02. The largest absolute Gasteiger partial charge is 0.327 e. The van der Waals surface area contributed by atoms with Crippen molar-refractivity contribution in [3.63, 3.8) is 0 Å². The van der Waals surface area contributed by atoms with Crippen LogP contribution in [0, 0.1) is 13.8 Å². The molecule has 9 heavy (non-hydrogen) atoms. The summed E-state index contributed by atoms with van der Waals surface area (Å²) in [6, 6.07) is 0. The van der Waals surface area contributed by atoms with Crippen LogP contribution >= 0.6 is 15.9 Å². The van der Waals surface area contributed by atoms with Gasteiger partial charge in [0.05, 0.1) is 10.2 Å². The van der Waals surface area contributed by atoms with Gasteiger partial charge in [0, 0.05) is 5.69 Å². The van der Waals surface area contributed by atoms with Crippen LogP contribution in [0.1, 0.15) is 11.4 Å². The Morgan fingerprint density at radius 3 is 2.22 bits per heavy atom. The first-order valence-corrected chi connectivity index (χ1v) is 3.39. The van der Waals surface area contributed by atoms with Crippen molar-refractivity contribution in [3.8, 4) is 0 Å². The van der Waals surface area contributed by atoms with Crippen LogP contribution in [0.15, 0.2) is 4.47 Å². The van der Waals surface area contributed by atoms with Crippen molar-refractivity contribution in [3.05, 3.63) is 15.9 Å². The first kappa shape index (κ1) is 6.87. The summed E-state index contributed by atoms with van der Waals surface area (Å²) in [6.45, 7) is 3.81. The maximum Gasteiger partial charge on any atom is 0.264 e. The molecule has 1 heterocycles. The maximum absolute atomic E-state index is 5.42. The van der Waals surface area contributed by atoms with Crippen molar-refractivity contribution in [1.29, 1.82) is 0 Å². The van der Waals surface area contributed by atoms with Gasteiger partial charge < -0.3 is 4.59 Å². The van der Waals surface area contributed by atoms with Gasteiger partial charge >= 0.3 is 0 Å². The molecule has 0 saturated heterocycles. The fourth-order valence-electron chi connectivity index (χ4n) is 0.643. The summed E-state index contributed by atoms with van der Waals surface area (Å²) < 4.78 is 2.35. The molecule has 4 heteroatoms. The maximum atomic E-state index is 5.42. The standard InChI is InChI=1S/C5H6BBrN2/c1-3-5(7)4(2)9(6)8-3/h1-2H3. The lowest BCUT2D eigenvalue weighted by Gasteiger charge is -1.90. The lowest BCUT2D eigenvalue weighted by molar-refractivity contribution is 0.930. The van der Waals surface area contributed by atoms with Gasteiger partial charge in [-0.25, -0.2) is 0 Å². The normalized spacial score (nSPS) is 10.1. The van der Waals surface area contributed by atoms with Crippen LogP contribution in [0.5, 0.6) is 0 Å². The lowest BCUT2D eigenvalue weighted by Crippen LogP contribution is -1.95. The number of aryl methyl sites for hydroxylation is 1. The Bertz CT molecular complexity index is 209. The van der Waals surface area contributed by atoms with E-state index in [0.29, 0.717) is 0 Å². The molecule has 2 radical (unpaired) electrons. The molecule has 0 amide bonds. The van der Waals surface area contributed by atoms with Crippen LogP contribution in [-0.4, -0.2) is 17.7 Å². The summed E-state index contributed by atoms with van der Waals surface area (Å²) in [6.07, 6.45) is 0. The zero-order valence-corrected chi connectivity index (χ0v) is 6.94. The highest BCUT2D eigenvalue weighted by Crippen LogP contribution is 2.17. The number of aromatic nitrogens is 2. The van der Waals surface area contributed by atoms with Gasteiger partial charge in [-0.05, 0) is 29.8 Å². The van der Waals surface area contributed by atoms with Crippen molar-refractivity contribution >= 4 is 23.9 Å². The monoisotopic (exact) mass is 184 g/mol. The fraction of sp³-hybridized carbons (Fsp3) is 0.400. The average molecular weight is 185 g/mol. The van der Waals surface area contributed by atoms with E-state index in [1.54, 1.807) is 0 Å². The molecule has 0 N–H and O–H groups in total. The van der Waals surface area contributed by atoms with E-state index in [1.165, 1.54) is 4.59 Å². The molecule has 1 aromatic heterocycles. The summed E-state index contributed by atoms with van der Waals surface area (Å²) in [5, 5.41) is 3.96. The number of hydrogen-bond acceptors (Lipinski definition) is 1. The molecule has 0 spiro atoms. The molecule has 0 aliphatic carbocycles. The first-order chi connectivity index (χ1) is 4.13. The Morgan fingerprint density at radius 1 is 1.56 bits per heavy atom. The van der Waals surface area contributed by atoms with Crippen molar-refractivity contribution in [1.82, 2.24) is 9.69 Å². The molecular formula is C5H6BBrN2. The number of rotatable bonds is 0. The Morgan fingerprint density at radius 2 is 2.11 bits per heavy atom. The van der Waals surface area contributed by atoms with Crippen LogP contribution in [-0.2, 0) is 0 Å². The predicted octanol–water partition coefficient (Wildman–Crippen LogP) is 1.19. The van der Waals surface area contributed by atoms with E-state index in [4.69, 9.17) is 7.98 Å². The molecule has 2 nitrogen and oxygen atoms in total. The Balaban J connectivity index is 3.29. The first-order valence-electron chi connectivity index (χ1n) is 2.59. The van der Waals surface area contributed by atoms with Gasteiger partial charge in [-0.1, -0.05) is 0 Å². The van der Waals surface area contributed by atoms with E-state index in [2.05, 4.69) is 21.0 Å². The summed E-state index contributed by atoms with van der Waals surface area (Å²) in [5.41, 5.74) is 1.88. The van der Waals surface area contributed by atoms with E-state index in [0.717, 1.165) is 15.9 Å². The molecule has 0 fully saturated rings. The average Bonchev–Trinajstić information content (AvgIpc) is 1.98. The van der Waals surface area contributed by atoms with Crippen molar-refractivity contribution in [2.45, 2.75) is 13.8 Å². The Labute approximate surface area is 63.8 Å². The van der Waals surface area contributed by atoms with Gasteiger partial charge in [0.2, 0.25) is 0 Å². The molecule has 0 unspecified atom stereocenters. The Kier molecular flexibility index (Phi) is 1.66. The molecule has 0 saturated carbocycles. The molecule has 0 aromatic carbocycles.